The van der Waals surface area contributed by atoms with Gasteiger partial charge in [-0.2, -0.15) is 0 Å². The van der Waals surface area contributed by atoms with Crippen LogP contribution in [0.3, 0.4) is 0 Å². The highest BCUT2D eigenvalue weighted by Gasteiger charge is 2.50. The fourth-order valence-corrected chi connectivity index (χ4v) is 8.88. The van der Waals surface area contributed by atoms with Crippen molar-refractivity contribution in [1.29, 1.82) is 0 Å². The van der Waals surface area contributed by atoms with Gasteiger partial charge in [0.05, 0.1) is 5.41 Å². The Bertz CT molecular complexity index is 2480. The first-order valence-electron chi connectivity index (χ1n) is 16.7. The average Bonchev–Trinajstić information content (AvgIpc) is 3.49. The van der Waals surface area contributed by atoms with Crippen LogP contribution in [0.25, 0.3) is 56.5 Å². The van der Waals surface area contributed by atoms with Crippen LogP contribution >= 0.6 is 11.8 Å². The van der Waals surface area contributed by atoms with Crippen LogP contribution in [0.2, 0.25) is 0 Å². The number of rotatable bonds is 4. The third-order valence-electron chi connectivity index (χ3n) is 9.86. The van der Waals surface area contributed by atoms with Crippen molar-refractivity contribution in [2.24, 2.45) is 0 Å². The molecule has 1 aliphatic carbocycles. The Morgan fingerprint density at radius 1 is 0.380 bits per heavy atom. The van der Waals surface area contributed by atoms with Crippen LogP contribution in [0.4, 0.5) is 0 Å². The van der Waals surface area contributed by atoms with E-state index in [1.54, 1.807) is 6.20 Å². The summed E-state index contributed by atoms with van der Waals surface area (Å²) < 4.78 is 0. The lowest BCUT2D eigenvalue weighted by Crippen LogP contribution is -2.32. The molecule has 50 heavy (non-hydrogen) atoms. The zero-order valence-electron chi connectivity index (χ0n) is 26.9. The fourth-order valence-electron chi connectivity index (χ4n) is 7.70. The molecule has 0 amide bonds. The Kier molecular flexibility index (Phi) is 6.61. The Labute approximate surface area is 294 Å². The lowest BCUT2D eigenvalue weighted by molar-refractivity contribution is 0.723. The molecule has 3 heterocycles. The topological polar surface area (TPSA) is 51.6 Å². The summed E-state index contributed by atoms with van der Waals surface area (Å²) in [6.07, 6.45) is 1.77. The molecule has 0 saturated carbocycles. The molecule has 1 spiro atoms. The van der Waals surface area contributed by atoms with Crippen molar-refractivity contribution < 1.29 is 0 Å². The second-order valence-electron chi connectivity index (χ2n) is 12.6. The van der Waals surface area contributed by atoms with E-state index in [1.807, 2.05) is 60.3 Å². The summed E-state index contributed by atoms with van der Waals surface area (Å²) in [6.45, 7) is 0. The van der Waals surface area contributed by atoms with Crippen LogP contribution in [0.5, 0.6) is 0 Å². The summed E-state index contributed by atoms with van der Waals surface area (Å²) in [5.74, 6) is 1.77. The summed E-state index contributed by atoms with van der Waals surface area (Å²) in [5, 5.41) is 0. The van der Waals surface area contributed by atoms with Gasteiger partial charge < -0.3 is 0 Å². The monoisotopic (exact) mass is 656 g/mol. The molecule has 4 nitrogen and oxygen atoms in total. The minimum Gasteiger partial charge on any atom is -0.253 e. The average molecular weight is 657 g/mol. The zero-order chi connectivity index (χ0) is 33.1. The molecule has 8 aromatic rings. The number of hydrogen-bond acceptors (Lipinski definition) is 5. The molecule has 6 aromatic carbocycles. The van der Waals surface area contributed by atoms with Crippen molar-refractivity contribution >= 4 is 11.8 Å². The van der Waals surface area contributed by atoms with Crippen molar-refractivity contribution in [2.45, 2.75) is 15.2 Å². The molecular weight excluding hydrogens is 629 g/mol. The molecule has 234 valence electrons. The molecule has 0 N–H and O–H groups in total. The van der Waals surface area contributed by atoms with E-state index in [4.69, 9.17) is 15.0 Å². The predicted molar refractivity (Wildman–Crippen MR) is 201 cm³/mol. The molecule has 2 aromatic heterocycles. The number of aromatic nitrogens is 4. The smallest absolute Gasteiger partial charge is 0.182 e. The molecule has 1 aliphatic heterocycles. The quantitative estimate of drug-likeness (QED) is 0.189. The predicted octanol–water partition coefficient (Wildman–Crippen LogP) is 10.8. The van der Waals surface area contributed by atoms with Gasteiger partial charge in [0, 0.05) is 27.1 Å². The van der Waals surface area contributed by atoms with Crippen LogP contribution in [0.1, 0.15) is 22.3 Å². The van der Waals surface area contributed by atoms with E-state index in [1.165, 1.54) is 43.2 Å². The number of fused-ring (bicyclic) bond motifs is 9. The summed E-state index contributed by atoms with van der Waals surface area (Å²) in [5.41, 5.74) is 12.3. The van der Waals surface area contributed by atoms with Gasteiger partial charge in [-0.25, -0.2) is 15.0 Å². The third-order valence-corrected chi connectivity index (χ3v) is 11.0. The third kappa shape index (κ3) is 4.40. The second kappa shape index (κ2) is 11.5. The Hall–Kier alpha value is -6.17. The van der Waals surface area contributed by atoms with Gasteiger partial charge in [0.1, 0.15) is 5.69 Å². The van der Waals surface area contributed by atoms with E-state index in [9.17, 15) is 0 Å². The second-order valence-corrected chi connectivity index (χ2v) is 13.7. The van der Waals surface area contributed by atoms with Crippen molar-refractivity contribution in [3.05, 3.63) is 192 Å². The van der Waals surface area contributed by atoms with Crippen molar-refractivity contribution in [3.8, 4) is 56.5 Å². The lowest BCUT2D eigenvalue weighted by Gasteiger charge is -2.40. The van der Waals surface area contributed by atoms with Gasteiger partial charge in [-0.1, -0.05) is 139 Å². The summed E-state index contributed by atoms with van der Waals surface area (Å²) in [4.78, 5) is 21.9. The molecule has 0 fully saturated rings. The number of pyridine rings is 1. The maximum Gasteiger partial charge on any atom is 0.182 e. The van der Waals surface area contributed by atoms with Crippen molar-refractivity contribution in [2.75, 3.05) is 0 Å². The highest BCUT2D eigenvalue weighted by Crippen LogP contribution is 2.62. The highest BCUT2D eigenvalue weighted by atomic mass is 32.2. The zero-order valence-corrected chi connectivity index (χ0v) is 27.7. The standard InChI is InChI=1S/C45H28N4S/c1-2-13-29(14-3-1)42-47-43(49-44(48-42)39-22-10-11-26-46-39)32-16-12-15-30(27-32)31-24-25-41-38(28-31)45(37-21-8-9-23-40(37)50-41)35-19-6-4-17-33(35)34-18-5-7-20-36(34)45/h1-28H. The van der Waals surface area contributed by atoms with Crippen molar-refractivity contribution in [1.82, 2.24) is 19.9 Å². The molecule has 0 bridgehead atoms. The van der Waals surface area contributed by atoms with Gasteiger partial charge in [0.2, 0.25) is 0 Å². The van der Waals surface area contributed by atoms with E-state index in [0.717, 1.165) is 22.3 Å². The minimum absolute atomic E-state index is 0.422. The number of nitrogens with zero attached hydrogens (tertiary/aromatic N) is 4. The number of benzene rings is 6. The molecular formula is C45H28N4S. The van der Waals surface area contributed by atoms with Gasteiger partial charge in [-0.3, -0.25) is 4.98 Å². The van der Waals surface area contributed by atoms with E-state index in [2.05, 4.69) is 120 Å². The normalized spacial score (nSPS) is 13.3. The van der Waals surface area contributed by atoms with E-state index < -0.39 is 5.41 Å². The maximum absolute atomic E-state index is 4.98. The fraction of sp³-hybridized carbons (Fsp3) is 0.0222. The van der Waals surface area contributed by atoms with Gasteiger partial charge in [-0.05, 0) is 80.9 Å². The Balaban J connectivity index is 1.15. The molecule has 10 rings (SSSR count). The molecule has 0 radical (unpaired) electrons. The first kappa shape index (κ1) is 28.8. The molecule has 5 heteroatoms. The SMILES string of the molecule is c1ccc(-c2nc(-c3cccc(-c4ccc5c(c4)C4(c6ccccc6S5)c5ccccc5-c5ccccc54)c3)nc(-c3ccccn3)n2)cc1. The van der Waals surface area contributed by atoms with Crippen LogP contribution in [0.15, 0.2) is 180 Å². The molecule has 0 atom stereocenters. The Morgan fingerprint density at radius 3 is 1.72 bits per heavy atom. The Morgan fingerprint density at radius 2 is 0.960 bits per heavy atom. The van der Waals surface area contributed by atoms with E-state index in [-0.39, 0.29) is 0 Å². The summed E-state index contributed by atoms with van der Waals surface area (Å²) in [6, 6.07) is 58.1. The largest absolute Gasteiger partial charge is 0.253 e. The summed E-state index contributed by atoms with van der Waals surface area (Å²) in [7, 11) is 0. The first-order valence-corrected chi connectivity index (χ1v) is 17.5. The number of hydrogen-bond donors (Lipinski definition) is 0. The van der Waals surface area contributed by atoms with Gasteiger partial charge >= 0.3 is 0 Å². The van der Waals surface area contributed by atoms with Crippen LogP contribution in [0, 0.1) is 0 Å². The lowest BCUT2D eigenvalue weighted by atomic mass is 9.67. The minimum atomic E-state index is -0.422. The van der Waals surface area contributed by atoms with Crippen molar-refractivity contribution in [3.63, 3.8) is 0 Å². The molecule has 0 unspecified atom stereocenters. The first-order chi connectivity index (χ1) is 24.8. The van der Waals surface area contributed by atoms with Crippen LogP contribution < -0.4 is 0 Å². The van der Waals surface area contributed by atoms with Crippen LogP contribution in [-0.2, 0) is 5.41 Å². The molecule has 0 saturated heterocycles. The molecule has 2 aliphatic rings. The van der Waals surface area contributed by atoms with Crippen LogP contribution in [-0.4, -0.2) is 19.9 Å². The maximum atomic E-state index is 4.98. The van der Waals surface area contributed by atoms with E-state index >= 15 is 0 Å². The van der Waals surface area contributed by atoms with E-state index in [0.29, 0.717) is 23.2 Å². The highest BCUT2D eigenvalue weighted by molar-refractivity contribution is 7.99. The van der Waals surface area contributed by atoms with Gasteiger partial charge in [-0.15, -0.1) is 0 Å². The van der Waals surface area contributed by atoms with Gasteiger partial charge in [0.25, 0.3) is 0 Å². The van der Waals surface area contributed by atoms with Gasteiger partial charge in [0.15, 0.2) is 17.5 Å². The summed E-state index contributed by atoms with van der Waals surface area (Å²) >= 11 is 1.86.